The average molecular weight is 516 g/mol. The van der Waals surface area contributed by atoms with Crippen molar-refractivity contribution in [2.24, 2.45) is 0 Å². The van der Waals surface area contributed by atoms with Gasteiger partial charge in [-0.3, -0.25) is 0 Å². The predicted molar refractivity (Wildman–Crippen MR) is 123 cm³/mol. The summed E-state index contributed by atoms with van der Waals surface area (Å²) in [5.74, 6) is -15.8. The van der Waals surface area contributed by atoms with Crippen LogP contribution in [0.1, 0.15) is 17.5 Å². The van der Waals surface area contributed by atoms with Crippen LogP contribution in [0, 0.1) is 0 Å². The minimum Gasteiger partial charge on any atom is -0.497 e. The number of carboxylic acid groups (broad SMARTS) is 1. The van der Waals surface area contributed by atoms with Gasteiger partial charge in [-0.05, 0) is 56.3 Å². The van der Waals surface area contributed by atoms with Crippen LogP contribution in [-0.2, 0) is 27.2 Å². The first-order chi connectivity index (χ1) is 16.9. The number of methoxy groups -OCH3 is 1. The van der Waals surface area contributed by atoms with E-state index in [0.717, 1.165) is 11.1 Å². The van der Waals surface area contributed by atoms with Gasteiger partial charge in [0.05, 0.1) is 7.11 Å². The van der Waals surface area contributed by atoms with E-state index in [1.54, 1.807) is 44.3 Å². The van der Waals surface area contributed by atoms with Gasteiger partial charge < -0.3 is 24.2 Å². The largest absolute Gasteiger partial charge is 0.497 e. The van der Waals surface area contributed by atoms with Crippen molar-refractivity contribution in [1.82, 2.24) is 4.90 Å². The van der Waals surface area contributed by atoms with Gasteiger partial charge in [0.15, 0.2) is 0 Å². The number of rotatable bonds is 14. The van der Waals surface area contributed by atoms with Gasteiger partial charge in [0, 0.05) is 13.0 Å². The molecule has 0 bridgehead atoms. The molecule has 36 heavy (non-hydrogen) atoms. The molecule has 1 N–H and O–H groups in total. The third-order valence-corrected chi connectivity index (χ3v) is 5.31. The quantitative estimate of drug-likeness (QED) is 0.300. The van der Waals surface area contributed by atoms with Crippen LogP contribution in [0.15, 0.2) is 48.5 Å². The molecule has 2 aromatic rings. The fourth-order valence-electron chi connectivity index (χ4n) is 3.21. The first kappa shape index (κ1) is 28.9. The highest BCUT2D eigenvalue weighted by Crippen LogP contribution is 2.36. The first-order valence-electron chi connectivity index (χ1n) is 11.1. The summed E-state index contributed by atoms with van der Waals surface area (Å²) >= 11 is 0. The van der Waals surface area contributed by atoms with Gasteiger partial charge in [-0.15, -0.1) is 0 Å². The predicted octanol–water partition coefficient (Wildman–Crippen LogP) is 4.08. The smallest absolute Gasteiger partial charge is 0.415 e. The molecule has 0 heterocycles. The van der Waals surface area contributed by atoms with Crippen molar-refractivity contribution >= 4 is 11.9 Å². The summed E-state index contributed by atoms with van der Waals surface area (Å²) in [4.78, 5) is 24.1. The Hall–Kier alpha value is -3.34. The number of alkyl halides is 4. The third-order valence-electron chi connectivity index (χ3n) is 5.31. The zero-order valence-corrected chi connectivity index (χ0v) is 20.2. The first-order valence-corrected chi connectivity index (χ1v) is 11.1. The second kappa shape index (κ2) is 12.6. The number of ether oxygens (including phenoxy) is 3. The lowest BCUT2D eigenvalue weighted by atomic mass is 10.0. The summed E-state index contributed by atoms with van der Waals surface area (Å²) < 4.78 is 70.2. The van der Waals surface area contributed by atoms with E-state index in [-0.39, 0.29) is 13.0 Å². The van der Waals surface area contributed by atoms with Crippen LogP contribution >= 0.6 is 0 Å². The Bertz CT molecular complexity index is 1030. The molecule has 0 spiro atoms. The van der Waals surface area contributed by atoms with Gasteiger partial charge in [-0.25, -0.2) is 9.59 Å². The number of aliphatic carboxylic acids is 1. The molecule has 0 aliphatic carbocycles. The van der Waals surface area contributed by atoms with Gasteiger partial charge in [0.25, 0.3) is 0 Å². The molecule has 0 saturated heterocycles. The van der Waals surface area contributed by atoms with Gasteiger partial charge in [-0.2, -0.15) is 17.6 Å². The monoisotopic (exact) mass is 515 g/mol. The van der Waals surface area contributed by atoms with Gasteiger partial charge in [-0.1, -0.05) is 30.3 Å². The SMILES string of the molecule is COc1cccc(CCc2ccccc2OC[C@@H](CCN(C)C)OC(=O)C(F)(F)C(F)(F)C(=O)O)c1. The molecule has 0 saturated carbocycles. The summed E-state index contributed by atoms with van der Waals surface area (Å²) in [7, 11) is 4.93. The van der Waals surface area contributed by atoms with E-state index in [1.165, 1.54) is 0 Å². The van der Waals surface area contributed by atoms with Crippen LogP contribution in [0.25, 0.3) is 0 Å². The molecular weight excluding hydrogens is 486 g/mol. The van der Waals surface area contributed by atoms with Crippen molar-refractivity contribution in [2.75, 3.05) is 34.4 Å². The van der Waals surface area contributed by atoms with E-state index in [0.29, 0.717) is 24.3 Å². The number of hydrogen-bond acceptors (Lipinski definition) is 6. The highest BCUT2D eigenvalue weighted by molar-refractivity contribution is 5.89. The number of esters is 1. The molecule has 1 atom stereocenters. The lowest BCUT2D eigenvalue weighted by Gasteiger charge is -2.25. The molecular formula is C25H29F4NO6. The highest BCUT2D eigenvalue weighted by Gasteiger charge is 2.69. The summed E-state index contributed by atoms with van der Waals surface area (Å²) in [5.41, 5.74) is 1.81. The molecule has 0 amide bonds. The highest BCUT2D eigenvalue weighted by atomic mass is 19.3. The summed E-state index contributed by atoms with van der Waals surface area (Å²) in [6, 6.07) is 14.5. The lowest BCUT2D eigenvalue weighted by molar-refractivity contribution is -0.238. The molecule has 7 nitrogen and oxygen atoms in total. The normalized spacial score (nSPS) is 12.8. The second-order valence-electron chi connectivity index (χ2n) is 8.34. The van der Waals surface area contributed by atoms with E-state index >= 15 is 0 Å². The Morgan fingerprint density at radius 3 is 2.33 bits per heavy atom. The third kappa shape index (κ3) is 7.58. The van der Waals surface area contributed by atoms with Crippen LogP contribution in [0.3, 0.4) is 0 Å². The van der Waals surface area contributed by atoms with Crippen LogP contribution in [-0.4, -0.2) is 74.3 Å². The molecule has 0 radical (unpaired) electrons. The van der Waals surface area contributed by atoms with E-state index in [4.69, 9.17) is 14.6 Å². The number of carbonyl (C=O) groups is 2. The van der Waals surface area contributed by atoms with E-state index in [1.807, 2.05) is 30.3 Å². The maximum absolute atomic E-state index is 13.9. The summed E-state index contributed by atoms with van der Waals surface area (Å²) in [5, 5.41) is 8.40. The Labute approximate surface area is 206 Å². The topological polar surface area (TPSA) is 85.3 Å². The number of halogens is 4. The van der Waals surface area contributed by atoms with Crippen LogP contribution < -0.4 is 9.47 Å². The van der Waals surface area contributed by atoms with Crippen LogP contribution in [0.5, 0.6) is 11.5 Å². The number of nitrogens with zero attached hydrogens (tertiary/aromatic N) is 1. The maximum atomic E-state index is 13.9. The fraction of sp³-hybridized carbons (Fsp3) is 0.440. The molecule has 2 rings (SSSR count). The second-order valence-corrected chi connectivity index (χ2v) is 8.34. The minimum atomic E-state index is -5.62. The Balaban J connectivity index is 2.12. The Morgan fingerprint density at radius 2 is 1.69 bits per heavy atom. The van der Waals surface area contributed by atoms with Crippen LogP contribution in [0.2, 0.25) is 0 Å². The van der Waals surface area contributed by atoms with Crippen molar-refractivity contribution in [3.05, 3.63) is 59.7 Å². The number of para-hydroxylation sites is 1. The Kier molecular flexibility index (Phi) is 10.1. The zero-order valence-electron chi connectivity index (χ0n) is 20.2. The van der Waals surface area contributed by atoms with Gasteiger partial charge in [0.2, 0.25) is 0 Å². The average Bonchev–Trinajstić information content (AvgIpc) is 2.84. The minimum absolute atomic E-state index is 0.0144. The standard InChI is InChI=1S/C25H29F4NO6/c1-30(2)14-13-20(36-23(33)25(28,29)24(26,27)22(31)32)16-35-21-10-5-4-8-18(21)12-11-17-7-6-9-19(15-17)34-3/h4-10,15,20H,11-14,16H2,1-3H3,(H,31,32)/t20-/m1/s1. The summed E-state index contributed by atoms with van der Waals surface area (Å²) in [6.07, 6.45) is -0.136. The fourth-order valence-corrected chi connectivity index (χ4v) is 3.21. The number of benzene rings is 2. The molecule has 0 aliphatic heterocycles. The Morgan fingerprint density at radius 1 is 1.00 bits per heavy atom. The van der Waals surface area contributed by atoms with Crippen LogP contribution in [0.4, 0.5) is 17.6 Å². The number of aryl methyl sites for hydroxylation is 2. The van der Waals surface area contributed by atoms with Gasteiger partial charge in [0.1, 0.15) is 24.2 Å². The molecule has 11 heteroatoms. The van der Waals surface area contributed by atoms with E-state index < -0.39 is 36.5 Å². The molecule has 0 aromatic heterocycles. The lowest BCUT2D eigenvalue weighted by Crippen LogP contribution is -2.54. The zero-order chi connectivity index (χ0) is 26.9. The molecule has 198 valence electrons. The van der Waals surface area contributed by atoms with Crippen molar-refractivity contribution in [2.45, 2.75) is 37.2 Å². The van der Waals surface area contributed by atoms with Crippen molar-refractivity contribution in [3.63, 3.8) is 0 Å². The van der Waals surface area contributed by atoms with Crippen molar-refractivity contribution < 1.29 is 46.5 Å². The van der Waals surface area contributed by atoms with E-state index in [2.05, 4.69) is 4.74 Å². The maximum Gasteiger partial charge on any atom is 0.415 e. The molecule has 0 aliphatic rings. The number of carbonyl (C=O) groups excluding carboxylic acids is 1. The van der Waals surface area contributed by atoms with Gasteiger partial charge >= 0.3 is 23.8 Å². The molecule has 2 aromatic carbocycles. The molecule has 0 unspecified atom stereocenters. The number of carboxylic acids is 1. The van der Waals surface area contributed by atoms with Crippen molar-refractivity contribution in [3.8, 4) is 11.5 Å². The van der Waals surface area contributed by atoms with E-state index in [9.17, 15) is 27.2 Å². The summed E-state index contributed by atoms with van der Waals surface area (Å²) in [6.45, 7) is -0.135. The number of hydrogen-bond donors (Lipinski definition) is 1. The molecule has 0 fully saturated rings. The van der Waals surface area contributed by atoms with Crippen molar-refractivity contribution in [1.29, 1.82) is 0 Å².